The van der Waals surface area contributed by atoms with E-state index in [0.29, 0.717) is 29.0 Å². The highest BCUT2D eigenvalue weighted by Crippen LogP contribution is 2.36. The quantitative estimate of drug-likeness (QED) is 0.231. The minimum absolute atomic E-state index is 0.0887. The first-order valence-corrected chi connectivity index (χ1v) is 14.0. The fourth-order valence-electron chi connectivity index (χ4n) is 5.03. The molecule has 0 bridgehead atoms. The zero-order valence-corrected chi connectivity index (χ0v) is 24.0. The summed E-state index contributed by atoms with van der Waals surface area (Å²) in [6, 6.07) is 17.6. The van der Waals surface area contributed by atoms with Crippen LogP contribution in [-0.4, -0.2) is 34.2 Å². The molecule has 9 nitrogen and oxygen atoms in total. The van der Waals surface area contributed by atoms with Gasteiger partial charge in [-0.1, -0.05) is 49.7 Å². The van der Waals surface area contributed by atoms with Crippen LogP contribution in [0.15, 0.2) is 78.0 Å². The number of amides is 1. The molecule has 1 aliphatic rings. The van der Waals surface area contributed by atoms with Gasteiger partial charge in [-0.3, -0.25) is 4.79 Å². The zero-order valence-electron chi connectivity index (χ0n) is 24.0. The Morgan fingerprint density at radius 3 is 2.63 bits per heavy atom. The van der Waals surface area contributed by atoms with Gasteiger partial charge in [-0.05, 0) is 59.0 Å². The summed E-state index contributed by atoms with van der Waals surface area (Å²) in [6.45, 7) is 2.26. The van der Waals surface area contributed by atoms with Crippen molar-refractivity contribution in [2.24, 2.45) is 5.10 Å². The first-order valence-electron chi connectivity index (χ1n) is 14.0. The van der Waals surface area contributed by atoms with E-state index >= 15 is 0 Å². The lowest BCUT2D eigenvalue weighted by Crippen LogP contribution is -2.32. The molecule has 4 N–H and O–H groups in total. The molecule has 0 fully saturated rings. The van der Waals surface area contributed by atoms with Gasteiger partial charge in [-0.15, -0.1) is 0 Å². The van der Waals surface area contributed by atoms with E-state index in [-0.39, 0.29) is 36.1 Å². The molecule has 220 valence electrons. The third kappa shape index (κ3) is 6.81. The molecule has 4 aromatic rings. The molecule has 0 aliphatic carbocycles. The number of nitrogen functional groups attached to an aromatic ring is 2. The van der Waals surface area contributed by atoms with E-state index in [1.807, 2.05) is 36.4 Å². The van der Waals surface area contributed by atoms with Crippen molar-refractivity contribution in [1.29, 1.82) is 0 Å². The second-order valence-electron chi connectivity index (χ2n) is 10.1. The molecule has 1 unspecified atom stereocenters. The molecule has 5 rings (SSSR count). The number of rotatable bonds is 10. The number of nitrogens with two attached hydrogens (primary N) is 2. The maximum Gasteiger partial charge on any atom is 0.267 e. The average molecular weight is 581 g/mol. The van der Waals surface area contributed by atoms with Crippen molar-refractivity contribution in [2.45, 2.75) is 38.8 Å². The number of carbonyl (C=O) groups is 1. The summed E-state index contributed by atoms with van der Waals surface area (Å²) in [6.07, 6.45) is 8.53. The molecule has 0 saturated carbocycles. The highest BCUT2D eigenvalue weighted by Gasteiger charge is 2.27. The normalized spacial score (nSPS) is 14.1. The third-order valence-corrected chi connectivity index (χ3v) is 7.13. The number of aromatic nitrogens is 2. The van der Waals surface area contributed by atoms with E-state index in [1.165, 1.54) is 30.3 Å². The van der Waals surface area contributed by atoms with Gasteiger partial charge >= 0.3 is 0 Å². The molecule has 0 spiro atoms. The summed E-state index contributed by atoms with van der Waals surface area (Å²) in [5, 5.41) is 6.01. The van der Waals surface area contributed by atoms with Gasteiger partial charge < -0.3 is 20.9 Å². The van der Waals surface area contributed by atoms with Gasteiger partial charge in [-0.2, -0.15) is 10.1 Å². The van der Waals surface area contributed by atoms with E-state index in [9.17, 15) is 9.18 Å². The van der Waals surface area contributed by atoms with Crippen LogP contribution in [-0.2, 0) is 17.8 Å². The molecule has 1 atom stereocenters. The fraction of sp³-hybridized carbons (Fsp3) is 0.212. The molecule has 2 heterocycles. The van der Waals surface area contributed by atoms with Crippen LogP contribution in [0.2, 0.25) is 0 Å². The summed E-state index contributed by atoms with van der Waals surface area (Å²) < 4.78 is 25.3. The number of hydrogen-bond donors (Lipinski definition) is 2. The monoisotopic (exact) mass is 580 g/mol. The highest BCUT2D eigenvalue weighted by molar-refractivity contribution is 5.95. The second kappa shape index (κ2) is 13.2. The van der Waals surface area contributed by atoms with Gasteiger partial charge in [0.15, 0.2) is 11.5 Å². The number of fused-ring (bicyclic) bond motifs is 1. The van der Waals surface area contributed by atoms with Crippen LogP contribution in [0.4, 0.5) is 16.2 Å². The topological polar surface area (TPSA) is 129 Å². The number of hydrazone groups is 1. The Bertz CT molecular complexity index is 1670. The summed E-state index contributed by atoms with van der Waals surface area (Å²) in [5.41, 5.74) is 16.8. The fourth-order valence-corrected chi connectivity index (χ4v) is 5.03. The van der Waals surface area contributed by atoms with Gasteiger partial charge in [0, 0.05) is 29.8 Å². The van der Waals surface area contributed by atoms with Gasteiger partial charge in [0.05, 0.1) is 19.4 Å². The maximum atomic E-state index is 13.5. The van der Waals surface area contributed by atoms with Crippen molar-refractivity contribution < 1.29 is 18.7 Å². The molecule has 10 heteroatoms. The summed E-state index contributed by atoms with van der Waals surface area (Å²) in [7, 11) is 1.54. The average Bonchev–Trinajstić information content (AvgIpc) is 3.01. The Hall–Kier alpha value is -5.25. The lowest BCUT2D eigenvalue weighted by Gasteiger charge is -2.31. The van der Waals surface area contributed by atoms with Crippen LogP contribution < -0.4 is 20.9 Å². The minimum atomic E-state index is -0.327. The molecule has 1 aliphatic heterocycles. The van der Waals surface area contributed by atoms with Gasteiger partial charge in [0.1, 0.15) is 18.2 Å². The number of methoxy groups -OCH3 is 1. The van der Waals surface area contributed by atoms with Crippen molar-refractivity contribution in [3.8, 4) is 11.5 Å². The number of halogens is 1. The third-order valence-electron chi connectivity index (χ3n) is 7.13. The Labute approximate surface area is 249 Å². The molecule has 1 aromatic heterocycles. The molecule has 3 aromatic carbocycles. The van der Waals surface area contributed by atoms with Crippen LogP contribution >= 0.6 is 0 Å². The summed E-state index contributed by atoms with van der Waals surface area (Å²) in [5.74, 6) is 0.655. The number of hydrogen-bond acceptors (Lipinski definition) is 8. The van der Waals surface area contributed by atoms with Crippen LogP contribution in [0.3, 0.4) is 0 Å². The van der Waals surface area contributed by atoms with E-state index in [1.54, 1.807) is 30.6 Å². The van der Waals surface area contributed by atoms with E-state index in [2.05, 4.69) is 22.0 Å². The SMILES string of the molecule is CCCC1c2ccccc2C=NN1C(=O)/C=C/c1cc(Cc2cnc(N)nc2N)cc(OCc2ccc(F)cc2)c1OC. The first kappa shape index (κ1) is 29.2. The zero-order chi connectivity index (χ0) is 30.3. The predicted octanol–water partition coefficient (Wildman–Crippen LogP) is 5.69. The van der Waals surface area contributed by atoms with Crippen molar-refractivity contribution in [2.75, 3.05) is 18.6 Å². The summed E-state index contributed by atoms with van der Waals surface area (Å²) >= 11 is 0. The van der Waals surface area contributed by atoms with Crippen LogP contribution in [0.25, 0.3) is 6.08 Å². The van der Waals surface area contributed by atoms with Gasteiger partial charge in [-0.25, -0.2) is 14.4 Å². The Kier molecular flexibility index (Phi) is 8.95. The van der Waals surface area contributed by atoms with Crippen molar-refractivity contribution in [1.82, 2.24) is 15.0 Å². The molecular formula is C33H33FN6O3. The van der Waals surface area contributed by atoms with Crippen molar-refractivity contribution >= 4 is 30.0 Å². The Morgan fingerprint density at radius 1 is 1.09 bits per heavy atom. The number of nitrogens with zero attached hydrogens (tertiary/aromatic N) is 4. The first-order chi connectivity index (χ1) is 20.9. The van der Waals surface area contributed by atoms with Crippen LogP contribution in [0.1, 0.15) is 59.2 Å². The smallest absolute Gasteiger partial charge is 0.267 e. The minimum Gasteiger partial charge on any atom is -0.492 e. The largest absolute Gasteiger partial charge is 0.492 e. The van der Waals surface area contributed by atoms with E-state index in [4.69, 9.17) is 20.9 Å². The lowest BCUT2D eigenvalue weighted by molar-refractivity contribution is -0.128. The standard InChI is InChI=1S/C33H33FN6O3/c1-3-6-28-27-8-5-4-7-24(27)19-38-40(28)30(41)14-11-23-15-22(16-25-18-37-33(36)39-32(25)35)17-29(31(23)42-2)43-20-21-9-12-26(34)13-10-21/h4-5,7-15,17-19,28H,3,6,16,20H2,1-2H3,(H4,35,36,37,39)/b14-11+. The second-order valence-corrected chi connectivity index (χ2v) is 10.1. The number of carbonyl (C=O) groups excluding carboxylic acids is 1. The van der Waals surface area contributed by atoms with Gasteiger partial charge in [0.2, 0.25) is 5.95 Å². The van der Waals surface area contributed by atoms with Crippen molar-refractivity contribution in [3.63, 3.8) is 0 Å². The Balaban J connectivity index is 1.47. The van der Waals surface area contributed by atoms with Crippen molar-refractivity contribution in [3.05, 3.63) is 112 Å². The lowest BCUT2D eigenvalue weighted by atomic mass is 9.95. The molecule has 0 radical (unpaired) electrons. The predicted molar refractivity (Wildman–Crippen MR) is 165 cm³/mol. The van der Waals surface area contributed by atoms with Crippen LogP contribution in [0, 0.1) is 5.82 Å². The Morgan fingerprint density at radius 2 is 1.88 bits per heavy atom. The van der Waals surface area contributed by atoms with E-state index in [0.717, 1.165) is 35.1 Å². The number of benzene rings is 3. The molecule has 43 heavy (non-hydrogen) atoms. The van der Waals surface area contributed by atoms with Crippen LogP contribution in [0.5, 0.6) is 11.5 Å². The highest BCUT2D eigenvalue weighted by atomic mass is 19.1. The molecule has 0 saturated heterocycles. The maximum absolute atomic E-state index is 13.5. The number of anilines is 2. The summed E-state index contributed by atoms with van der Waals surface area (Å²) in [4.78, 5) is 21.7. The number of ether oxygens (including phenoxy) is 2. The molecular weight excluding hydrogens is 547 g/mol. The van der Waals surface area contributed by atoms with E-state index < -0.39 is 0 Å². The molecule has 1 amide bonds. The van der Waals surface area contributed by atoms with Gasteiger partial charge in [0.25, 0.3) is 5.91 Å².